The van der Waals surface area contributed by atoms with Crippen LogP contribution in [0.4, 0.5) is 16.2 Å². The molecule has 2 aliphatic heterocycles. The molecule has 0 aliphatic carbocycles. The summed E-state index contributed by atoms with van der Waals surface area (Å²) in [6, 6.07) is 13.4. The van der Waals surface area contributed by atoms with Gasteiger partial charge in [0.25, 0.3) is 0 Å². The Labute approximate surface area is 162 Å². The second-order valence-electron chi connectivity index (χ2n) is 6.80. The third-order valence-electron chi connectivity index (χ3n) is 5.18. The van der Waals surface area contributed by atoms with Gasteiger partial charge in [0.05, 0.1) is 18.5 Å². The van der Waals surface area contributed by atoms with E-state index in [1.54, 1.807) is 29.2 Å². The molecule has 0 bridgehead atoms. The highest BCUT2D eigenvalue weighted by Gasteiger charge is 2.38. The lowest BCUT2D eigenvalue weighted by molar-refractivity contribution is -0.146. The number of rotatable bonds is 1. The van der Waals surface area contributed by atoms with E-state index in [-0.39, 0.29) is 18.2 Å². The molecule has 1 atom stereocenters. The fourth-order valence-corrected chi connectivity index (χ4v) is 3.80. The van der Waals surface area contributed by atoms with Crippen molar-refractivity contribution in [3.8, 4) is 0 Å². The Kier molecular flexibility index (Phi) is 4.83. The number of hydrogen-bond acceptors (Lipinski definition) is 5. The number of esters is 1. The summed E-state index contributed by atoms with van der Waals surface area (Å²) in [5.74, 6) is -0.504. The molecular formula is C21H21N3O4. The van der Waals surface area contributed by atoms with Crippen LogP contribution in [0.5, 0.6) is 0 Å². The van der Waals surface area contributed by atoms with Gasteiger partial charge >= 0.3 is 12.0 Å². The third-order valence-corrected chi connectivity index (χ3v) is 5.18. The van der Waals surface area contributed by atoms with Crippen LogP contribution in [0.15, 0.2) is 48.5 Å². The second-order valence-corrected chi connectivity index (χ2v) is 6.80. The molecule has 4 rings (SSSR count). The number of urea groups is 1. The number of ketones is 1. The topological polar surface area (TPSA) is 79.0 Å². The molecule has 28 heavy (non-hydrogen) atoms. The van der Waals surface area contributed by atoms with Gasteiger partial charge in [-0.25, -0.2) is 9.59 Å². The van der Waals surface area contributed by atoms with Gasteiger partial charge in [-0.15, -0.1) is 0 Å². The average molecular weight is 379 g/mol. The highest BCUT2D eigenvalue weighted by atomic mass is 16.5. The molecule has 2 heterocycles. The molecule has 0 radical (unpaired) electrons. The number of nitrogens with one attached hydrogen (secondary N) is 1. The summed E-state index contributed by atoms with van der Waals surface area (Å²) >= 11 is 0. The van der Waals surface area contributed by atoms with Crippen molar-refractivity contribution >= 4 is 29.2 Å². The Morgan fingerprint density at radius 3 is 2.57 bits per heavy atom. The molecule has 0 saturated carbocycles. The quantitative estimate of drug-likeness (QED) is 0.768. The van der Waals surface area contributed by atoms with Crippen LogP contribution in [-0.2, 0) is 16.0 Å². The molecule has 1 saturated heterocycles. The molecule has 2 aliphatic rings. The molecule has 2 amide bonds. The van der Waals surface area contributed by atoms with Crippen molar-refractivity contribution in [1.82, 2.24) is 10.2 Å². The highest BCUT2D eigenvalue weighted by Crippen LogP contribution is 2.37. The second kappa shape index (κ2) is 7.44. The van der Waals surface area contributed by atoms with Crippen LogP contribution in [0.1, 0.15) is 15.9 Å². The van der Waals surface area contributed by atoms with E-state index in [9.17, 15) is 14.4 Å². The Morgan fingerprint density at radius 2 is 1.79 bits per heavy atom. The van der Waals surface area contributed by atoms with E-state index in [0.717, 1.165) is 5.56 Å². The minimum absolute atomic E-state index is 0.0387. The van der Waals surface area contributed by atoms with Crippen molar-refractivity contribution in [3.63, 3.8) is 0 Å². The van der Waals surface area contributed by atoms with Crippen molar-refractivity contribution in [2.75, 3.05) is 31.6 Å². The molecule has 1 fully saturated rings. The molecule has 144 valence electrons. The fraction of sp³-hybridized carbons (Fsp3) is 0.286. The smallest absolute Gasteiger partial charge is 0.329 e. The van der Waals surface area contributed by atoms with Gasteiger partial charge in [-0.05, 0) is 23.8 Å². The fourth-order valence-electron chi connectivity index (χ4n) is 3.80. The van der Waals surface area contributed by atoms with E-state index >= 15 is 0 Å². The summed E-state index contributed by atoms with van der Waals surface area (Å²) in [6.45, 7) is 1.27. The third kappa shape index (κ3) is 3.03. The van der Waals surface area contributed by atoms with E-state index in [1.807, 2.05) is 24.3 Å². The van der Waals surface area contributed by atoms with Crippen molar-refractivity contribution in [3.05, 3.63) is 59.7 Å². The first kappa shape index (κ1) is 18.2. The number of benzene rings is 2. The standard InChI is InChI=1S/C21H21N3O4/c1-28-20(26)18-13-22-10-11-23(18)21(27)24-16-8-4-2-6-14(16)12-19(25)15-7-3-5-9-17(15)24/h2-9,18,22H,10-13H2,1H3/t18-/m0/s1. The van der Waals surface area contributed by atoms with Gasteiger partial charge in [-0.2, -0.15) is 0 Å². The number of hydrogen-bond donors (Lipinski definition) is 1. The first-order valence-electron chi connectivity index (χ1n) is 9.21. The first-order valence-corrected chi connectivity index (χ1v) is 9.21. The summed E-state index contributed by atoms with van der Waals surface area (Å²) in [5, 5.41) is 3.13. The zero-order chi connectivity index (χ0) is 19.7. The van der Waals surface area contributed by atoms with Crippen molar-refractivity contribution < 1.29 is 19.1 Å². The number of para-hydroxylation sites is 2. The zero-order valence-electron chi connectivity index (χ0n) is 15.6. The van der Waals surface area contributed by atoms with E-state index in [2.05, 4.69) is 5.32 Å². The van der Waals surface area contributed by atoms with E-state index in [4.69, 9.17) is 4.74 Å². The maximum Gasteiger partial charge on any atom is 0.329 e. The van der Waals surface area contributed by atoms with Gasteiger partial charge in [0.15, 0.2) is 5.78 Å². The van der Waals surface area contributed by atoms with E-state index < -0.39 is 12.0 Å². The maximum atomic E-state index is 13.7. The average Bonchev–Trinajstić information content (AvgIpc) is 2.86. The van der Waals surface area contributed by atoms with Crippen LogP contribution in [0.2, 0.25) is 0 Å². The number of methoxy groups -OCH3 is 1. The number of piperazine rings is 1. The van der Waals surface area contributed by atoms with Gasteiger partial charge < -0.3 is 15.0 Å². The molecular weight excluding hydrogens is 358 g/mol. The number of nitrogens with zero attached hydrogens (tertiary/aromatic N) is 2. The van der Waals surface area contributed by atoms with Crippen LogP contribution >= 0.6 is 0 Å². The molecule has 2 aromatic carbocycles. The number of ether oxygens (including phenoxy) is 1. The molecule has 1 N–H and O–H groups in total. The minimum atomic E-state index is -0.718. The molecule has 7 nitrogen and oxygen atoms in total. The lowest BCUT2D eigenvalue weighted by Crippen LogP contribution is -2.59. The monoisotopic (exact) mass is 379 g/mol. The SMILES string of the molecule is COC(=O)[C@@H]1CNCCN1C(=O)N1c2ccccc2CC(=O)c2ccccc21. The molecule has 0 spiro atoms. The Hall–Kier alpha value is -3.19. The van der Waals surface area contributed by atoms with Crippen LogP contribution in [0, 0.1) is 0 Å². The summed E-state index contributed by atoms with van der Waals surface area (Å²) in [5.41, 5.74) is 2.47. The van der Waals surface area contributed by atoms with Crippen LogP contribution in [0.3, 0.4) is 0 Å². The van der Waals surface area contributed by atoms with Gasteiger partial charge in [-0.1, -0.05) is 30.3 Å². The van der Waals surface area contributed by atoms with Crippen LogP contribution in [0.25, 0.3) is 0 Å². The number of Topliss-reactive ketones (excluding diaryl/α,β-unsaturated/α-hetero) is 1. The minimum Gasteiger partial charge on any atom is -0.467 e. The first-order chi connectivity index (χ1) is 13.6. The molecule has 0 unspecified atom stereocenters. The van der Waals surface area contributed by atoms with Crippen molar-refractivity contribution in [2.45, 2.75) is 12.5 Å². The predicted molar refractivity (Wildman–Crippen MR) is 104 cm³/mol. The van der Waals surface area contributed by atoms with Crippen molar-refractivity contribution in [1.29, 1.82) is 0 Å². The zero-order valence-corrected chi connectivity index (χ0v) is 15.6. The van der Waals surface area contributed by atoms with Crippen molar-refractivity contribution in [2.24, 2.45) is 0 Å². The highest BCUT2D eigenvalue weighted by molar-refractivity contribution is 6.12. The summed E-state index contributed by atoms with van der Waals surface area (Å²) in [7, 11) is 1.31. The van der Waals surface area contributed by atoms with Gasteiger partial charge in [0.1, 0.15) is 6.04 Å². The lowest BCUT2D eigenvalue weighted by atomic mass is 10.0. The molecule has 2 aromatic rings. The molecule has 7 heteroatoms. The normalized spacial score (nSPS) is 18.8. The number of fused-ring (bicyclic) bond motifs is 2. The van der Waals surface area contributed by atoms with E-state index in [1.165, 1.54) is 12.0 Å². The number of carbonyl (C=O) groups is 3. The summed E-state index contributed by atoms with van der Waals surface area (Å²) in [4.78, 5) is 41.8. The predicted octanol–water partition coefficient (Wildman–Crippen LogP) is 2.13. The Morgan fingerprint density at radius 1 is 1.07 bits per heavy atom. The number of anilines is 2. The number of carbonyl (C=O) groups excluding carboxylic acids is 3. The lowest BCUT2D eigenvalue weighted by Gasteiger charge is -2.38. The number of amides is 2. The van der Waals surface area contributed by atoms with Gasteiger partial charge in [-0.3, -0.25) is 9.69 Å². The largest absolute Gasteiger partial charge is 0.467 e. The Bertz CT molecular complexity index is 943. The van der Waals surface area contributed by atoms with Gasteiger partial charge in [0, 0.05) is 31.6 Å². The summed E-state index contributed by atoms with van der Waals surface area (Å²) < 4.78 is 4.89. The van der Waals surface area contributed by atoms with Gasteiger partial charge in [0.2, 0.25) is 0 Å². The van der Waals surface area contributed by atoms with Crippen LogP contribution in [-0.4, -0.2) is 55.5 Å². The summed E-state index contributed by atoms with van der Waals surface area (Å²) in [6.07, 6.45) is 0.221. The van der Waals surface area contributed by atoms with Crippen LogP contribution < -0.4 is 10.2 Å². The maximum absolute atomic E-state index is 13.7. The Balaban J connectivity index is 1.84. The molecule has 0 aromatic heterocycles. The van der Waals surface area contributed by atoms with E-state index in [0.29, 0.717) is 36.6 Å².